The van der Waals surface area contributed by atoms with Crippen LogP contribution in [0.3, 0.4) is 0 Å². The van der Waals surface area contributed by atoms with E-state index in [9.17, 15) is 4.79 Å². The molecule has 4 rings (SSSR count). The molecule has 1 aromatic carbocycles. The lowest BCUT2D eigenvalue weighted by atomic mass is 10.1. The molecule has 1 saturated heterocycles. The summed E-state index contributed by atoms with van der Waals surface area (Å²) in [5.41, 5.74) is 1.14. The zero-order valence-corrected chi connectivity index (χ0v) is 18.2. The van der Waals surface area contributed by atoms with Crippen molar-refractivity contribution < 1.29 is 9.21 Å². The number of carbonyl (C=O) groups excluding carboxylic acids is 1. The third-order valence-corrected chi connectivity index (χ3v) is 6.18. The first-order chi connectivity index (χ1) is 14.7. The van der Waals surface area contributed by atoms with E-state index in [4.69, 9.17) is 16.0 Å². The van der Waals surface area contributed by atoms with Crippen molar-refractivity contribution in [2.45, 2.75) is 31.0 Å². The minimum atomic E-state index is -0.0239. The molecule has 1 N–H and O–H groups in total. The monoisotopic (exact) mass is 445 g/mol. The number of hydrogen-bond acceptors (Lipinski definition) is 6. The summed E-state index contributed by atoms with van der Waals surface area (Å²) in [6.45, 7) is 3.09. The Kier molecular flexibility index (Phi) is 6.96. The number of thioether (sulfide) groups is 1. The molecule has 1 amide bonds. The Hall–Kier alpha value is -2.45. The summed E-state index contributed by atoms with van der Waals surface area (Å²) in [6.07, 6.45) is 4.75. The highest BCUT2D eigenvalue weighted by Crippen LogP contribution is 2.25. The van der Waals surface area contributed by atoms with Crippen LogP contribution in [-0.2, 0) is 17.8 Å². The van der Waals surface area contributed by atoms with Gasteiger partial charge in [0, 0.05) is 24.7 Å². The molecule has 0 unspecified atom stereocenters. The molecule has 3 heterocycles. The Balaban J connectivity index is 1.33. The average molecular weight is 446 g/mol. The fourth-order valence-electron chi connectivity index (χ4n) is 3.41. The fraction of sp³-hybridized carbons (Fsp3) is 0.381. The largest absolute Gasteiger partial charge is 0.467 e. The summed E-state index contributed by atoms with van der Waals surface area (Å²) in [5, 5.41) is 13.1. The number of nitrogens with one attached hydrogen (secondary N) is 1. The van der Waals surface area contributed by atoms with Gasteiger partial charge in [0.2, 0.25) is 11.9 Å². The lowest BCUT2D eigenvalue weighted by molar-refractivity contribution is -0.118. The summed E-state index contributed by atoms with van der Waals surface area (Å²) in [5.74, 6) is 1.94. The molecule has 30 heavy (non-hydrogen) atoms. The molecule has 1 aliphatic rings. The van der Waals surface area contributed by atoms with Crippen molar-refractivity contribution in [2.24, 2.45) is 0 Å². The zero-order chi connectivity index (χ0) is 20.8. The number of anilines is 1. The Bertz CT molecular complexity index is 952. The summed E-state index contributed by atoms with van der Waals surface area (Å²) >= 11 is 7.30. The molecule has 0 radical (unpaired) electrons. The van der Waals surface area contributed by atoms with Gasteiger partial charge in [-0.05, 0) is 49.1 Å². The number of aromatic nitrogens is 3. The third kappa shape index (κ3) is 5.37. The molecule has 0 aliphatic carbocycles. The Labute approximate surface area is 184 Å². The first-order valence-corrected chi connectivity index (χ1v) is 11.4. The van der Waals surface area contributed by atoms with Gasteiger partial charge < -0.3 is 14.6 Å². The minimum absolute atomic E-state index is 0.0239. The zero-order valence-electron chi connectivity index (χ0n) is 16.6. The Morgan fingerprint density at radius 3 is 2.70 bits per heavy atom. The number of hydrogen-bond donors (Lipinski definition) is 1. The first-order valence-electron chi connectivity index (χ1n) is 10.0. The van der Waals surface area contributed by atoms with E-state index in [2.05, 4.69) is 20.4 Å². The number of carbonyl (C=O) groups is 1. The van der Waals surface area contributed by atoms with Gasteiger partial charge in [0.05, 0.1) is 18.6 Å². The van der Waals surface area contributed by atoms with E-state index < -0.39 is 0 Å². The van der Waals surface area contributed by atoms with Crippen molar-refractivity contribution in [3.8, 4) is 0 Å². The molecule has 7 nitrogen and oxygen atoms in total. The highest BCUT2D eigenvalue weighted by molar-refractivity contribution is 7.99. The van der Waals surface area contributed by atoms with Gasteiger partial charge in [-0.3, -0.25) is 9.36 Å². The van der Waals surface area contributed by atoms with Crippen molar-refractivity contribution in [2.75, 3.05) is 30.3 Å². The summed E-state index contributed by atoms with van der Waals surface area (Å²) in [7, 11) is 0. The number of amides is 1. The van der Waals surface area contributed by atoms with Gasteiger partial charge >= 0.3 is 0 Å². The van der Waals surface area contributed by atoms with Crippen molar-refractivity contribution in [3.05, 3.63) is 59.0 Å². The van der Waals surface area contributed by atoms with Crippen molar-refractivity contribution in [3.63, 3.8) is 0 Å². The quantitative estimate of drug-likeness (QED) is 0.507. The summed E-state index contributed by atoms with van der Waals surface area (Å²) < 4.78 is 7.55. The van der Waals surface area contributed by atoms with Gasteiger partial charge in [0.25, 0.3) is 0 Å². The maximum atomic E-state index is 12.3. The smallest absolute Gasteiger partial charge is 0.230 e. The van der Waals surface area contributed by atoms with Crippen molar-refractivity contribution in [1.82, 2.24) is 20.1 Å². The first kappa shape index (κ1) is 20.8. The van der Waals surface area contributed by atoms with Crippen LogP contribution < -0.4 is 10.2 Å². The normalized spacial score (nSPS) is 13.7. The van der Waals surface area contributed by atoms with Gasteiger partial charge in [0.15, 0.2) is 5.16 Å². The van der Waals surface area contributed by atoms with E-state index in [1.54, 1.807) is 6.26 Å². The SMILES string of the molecule is O=C(CSc1nnc(N2CCCC2)n1Cc1ccco1)NCCc1ccc(Cl)cc1. The number of halogens is 1. The highest BCUT2D eigenvalue weighted by atomic mass is 35.5. The van der Waals surface area contributed by atoms with E-state index in [0.29, 0.717) is 18.1 Å². The molecular formula is C21H24ClN5O2S. The van der Waals surface area contributed by atoms with Crippen LogP contribution in [-0.4, -0.2) is 46.1 Å². The molecule has 1 fully saturated rings. The summed E-state index contributed by atoms with van der Waals surface area (Å²) in [4.78, 5) is 14.6. The van der Waals surface area contributed by atoms with Crippen LogP contribution in [0.25, 0.3) is 0 Å². The molecule has 0 spiro atoms. The van der Waals surface area contributed by atoms with Gasteiger partial charge in [-0.2, -0.15) is 0 Å². The maximum absolute atomic E-state index is 12.3. The molecule has 2 aromatic heterocycles. The van der Waals surface area contributed by atoms with E-state index in [0.717, 1.165) is 54.8 Å². The second-order valence-electron chi connectivity index (χ2n) is 7.16. The van der Waals surface area contributed by atoms with E-state index in [1.807, 2.05) is 41.0 Å². The molecule has 158 valence electrons. The second kappa shape index (κ2) is 10.0. The van der Waals surface area contributed by atoms with Crippen molar-refractivity contribution >= 4 is 35.2 Å². The van der Waals surface area contributed by atoms with Crippen LogP contribution in [0, 0.1) is 0 Å². The Morgan fingerprint density at radius 2 is 1.97 bits per heavy atom. The number of furan rings is 1. The standard InChI is InChI=1S/C21H24ClN5O2S/c22-17-7-5-16(6-8-17)9-10-23-19(28)15-30-21-25-24-20(26-11-1-2-12-26)27(21)14-18-4-3-13-29-18/h3-8,13H,1-2,9-12,14-15H2,(H,23,28). The summed E-state index contributed by atoms with van der Waals surface area (Å²) in [6, 6.07) is 11.5. The van der Waals surface area contributed by atoms with Gasteiger partial charge in [-0.1, -0.05) is 35.5 Å². The highest BCUT2D eigenvalue weighted by Gasteiger charge is 2.22. The maximum Gasteiger partial charge on any atom is 0.230 e. The van der Waals surface area contributed by atoms with Gasteiger partial charge in [-0.25, -0.2) is 0 Å². The number of nitrogens with zero attached hydrogens (tertiary/aromatic N) is 4. The number of benzene rings is 1. The lowest BCUT2D eigenvalue weighted by Crippen LogP contribution is -2.27. The van der Waals surface area contributed by atoms with Crippen LogP contribution >= 0.6 is 23.4 Å². The van der Waals surface area contributed by atoms with E-state index in [1.165, 1.54) is 11.8 Å². The van der Waals surface area contributed by atoms with Crippen LogP contribution in [0.15, 0.2) is 52.2 Å². The molecule has 9 heteroatoms. The molecule has 0 bridgehead atoms. The number of rotatable bonds is 9. The molecular weight excluding hydrogens is 422 g/mol. The molecule has 0 saturated carbocycles. The van der Waals surface area contributed by atoms with Crippen LogP contribution in [0.2, 0.25) is 5.02 Å². The van der Waals surface area contributed by atoms with Gasteiger partial charge in [-0.15, -0.1) is 10.2 Å². The lowest BCUT2D eigenvalue weighted by Gasteiger charge is -2.17. The molecule has 3 aromatic rings. The third-order valence-electron chi connectivity index (χ3n) is 4.96. The van der Waals surface area contributed by atoms with Crippen LogP contribution in [0.1, 0.15) is 24.2 Å². The molecule has 0 atom stereocenters. The van der Waals surface area contributed by atoms with Crippen LogP contribution in [0.5, 0.6) is 0 Å². The van der Waals surface area contributed by atoms with Gasteiger partial charge in [0.1, 0.15) is 5.76 Å². The Morgan fingerprint density at radius 1 is 1.17 bits per heavy atom. The topological polar surface area (TPSA) is 76.2 Å². The van der Waals surface area contributed by atoms with E-state index >= 15 is 0 Å². The predicted octanol–water partition coefficient (Wildman–Crippen LogP) is 3.62. The minimum Gasteiger partial charge on any atom is -0.467 e. The average Bonchev–Trinajstić information content (AvgIpc) is 3.51. The fourth-order valence-corrected chi connectivity index (χ4v) is 4.30. The van der Waals surface area contributed by atoms with Crippen molar-refractivity contribution in [1.29, 1.82) is 0 Å². The predicted molar refractivity (Wildman–Crippen MR) is 118 cm³/mol. The second-order valence-corrected chi connectivity index (χ2v) is 8.54. The molecule has 1 aliphatic heterocycles. The van der Waals surface area contributed by atoms with E-state index in [-0.39, 0.29) is 11.7 Å². The van der Waals surface area contributed by atoms with Crippen LogP contribution in [0.4, 0.5) is 5.95 Å².